The molecule has 0 radical (unpaired) electrons. The summed E-state index contributed by atoms with van der Waals surface area (Å²) in [4.78, 5) is 12.6. The van der Waals surface area contributed by atoms with E-state index in [0.29, 0.717) is 47.5 Å². The van der Waals surface area contributed by atoms with E-state index in [1.54, 1.807) is 37.4 Å². The summed E-state index contributed by atoms with van der Waals surface area (Å²) in [5.74, 6) is 2.15. The number of amides is 1. The van der Waals surface area contributed by atoms with Gasteiger partial charge in [0.15, 0.2) is 23.0 Å². The van der Waals surface area contributed by atoms with Crippen LogP contribution in [0, 0.1) is 3.57 Å². The second-order valence-corrected chi connectivity index (χ2v) is 6.16. The lowest BCUT2D eigenvalue weighted by Gasteiger charge is -2.19. The molecule has 1 amide bonds. The van der Waals surface area contributed by atoms with Gasteiger partial charge in [0.05, 0.1) is 19.8 Å². The van der Waals surface area contributed by atoms with Gasteiger partial charge in [-0.05, 0) is 46.9 Å². The molecule has 2 aromatic rings. The third-order valence-electron chi connectivity index (χ3n) is 3.52. The first kappa shape index (κ1) is 16.7. The summed E-state index contributed by atoms with van der Waals surface area (Å²) in [6.07, 6.45) is 0. The highest BCUT2D eigenvalue weighted by molar-refractivity contribution is 14.1. The zero-order valence-electron chi connectivity index (χ0n) is 13.2. The van der Waals surface area contributed by atoms with E-state index in [2.05, 4.69) is 27.9 Å². The predicted molar refractivity (Wildman–Crippen MR) is 97.6 cm³/mol. The molecule has 6 nitrogen and oxygen atoms in total. The molecular formula is C17H16INO5. The van der Waals surface area contributed by atoms with Gasteiger partial charge < -0.3 is 24.3 Å². The Morgan fingerprint density at radius 2 is 1.71 bits per heavy atom. The van der Waals surface area contributed by atoms with Crippen LogP contribution in [0.15, 0.2) is 30.3 Å². The summed E-state index contributed by atoms with van der Waals surface area (Å²) in [7, 11) is 3.09. The maximum Gasteiger partial charge on any atom is 0.256 e. The second kappa shape index (κ2) is 7.16. The molecule has 0 fully saturated rings. The molecule has 0 spiro atoms. The van der Waals surface area contributed by atoms with E-state index >= 15 is 0 Å². The van der Waals surface area contributed by atoms with Gasteiger partial charge in [-0.2, -0.15) is 0 Å². The summed E-state index contributed by atoms with van der Waals surface area (Å²) < 4.78 is 22.3. The average Bonchev–Trinajstić information content (AvgIpc) is 2.61. The van der Waals surface area contributed by atoms with Gasteiger partial charge >= 0.3 is 0 Å². The highest BCUT2D eigenvalue weighted by Crippen LogP contribution is 2.34. The van der Waals surface area contributed by atoms with E-state index in [9.17, 15) is 4.79 Å². The number of methoxy groups -OCH3 is 2. The first-order valence-electron chi connectivity index (χ1n) is 7.25. The Kier molecular flexibility index (Phi) is 4.98. The molecular weight excluding hydrogens is 425 g/mol. The number of halogens is 1. The summed E-state index contributed by atoms with van der Waals surface area (Å²) in [6, 6.07) is 8.73. The van der Waals surface area contributed by atoms with Crippen LogP contribution in [0.4, 0.5) is 5.69 Å². The van der Waals surface area contributed by atoms with Crippen molar-refractivity contribution in [1.82, 2.24) is 0 Å². The summed E-state index contributed by atoms with van der Waals surface area (Å²) in [6.45, 7) is 1.03. The van der Waals surface area contributed by atoms with Crippen molar-refractivity contribution in [2.45, 2.75) is 0 Å². The lowest BCUT2D eigenvalue weighted by atomic mass is 10.1. The fraction of sp³-hybridized carbons (Fsp3) is 0.235. The van der Waals surface area contributed by atoms with Gasteiger partial charge in [-0.1, -0.05) is 0 Å². The highest BCUT2D eigenvalue weighted by atomic mass is 127. The molecule has 3 rings (SSSR count). The summed E-state index contributed by atoms with van der Waals surface area (Å²) in [5, 5.41) is 2.86. The third-order valence-corrected chi connectivity index (χ3v) is 4.41. The van der Waals surface area contributed by atoms with E-state index < -0.39 is 0 Å². The Labute approximate surface area is 153 Å². The van der Waals surface area contributed by atoms with Crippen molar-refractivity contribution in [2.24, 2.45) is 0 Å². The van der Waals surface area contributed by atoms with Crippen molar-refractivity contribution in [3.8, 4) is 23.0 Å². The van der Waals surface area contributed by atoms with Crippen LogP contribution < -0.4 is 24.3 Å². The number of anilines is 1. The number of nitrogens with one attached hydrogen (secondary N) is 1. The van der Waals surface area contributed by atoms with Gasteiger partial charge in [0, 0.05) is 15.3 Å². The molecule has 24 heavy (non-hydrogen) atoms. The SMILES string of the molecule is COc1cc(I)c(C(=O)Nc2ccc3c(c2)OCCO3)cc1OC. The number of hydrogen-bond donors (Lipinski definition) is 1. The average molecular weight is 441 g/mol. The van der Waals surface area contributed by atoms with Crippen molar-refractivity contribution in [3.05, 3.63) is 39.5 Å². The molecule has 1 aliphatic rings. The summed E-state index contributed by atoms with van der Waals surface area (Å²) in [5.41, 5.74) is 1.14. The van der Waals surface area contributed by atoms with E-state index in [1.807, 2.05) is 0 Å². The predicted octanol–water partition coefficient (Wildman–Crippen LogP) is 3.33. The van der Waals surface area contributed by atoms with Gasteiger partial charge in [0.2, 0.25) is 0 Å². The molecule has 0 aromatic heterocycles. The number of benzene rings is 2. The fourth-order valence-corrected chi connectivity index (χ4v) is 3.03. The number of carbonyl (C=O) groups is 1. The third kappa shape index (κ3) is 3.35. The Morgan fingerprint density at radius 1 is 1.04 bits per heavy atom. The fourth-order valence-electron chi connectivity index (χ4n) is 2.35. The van der Waals surface area contributed by atoms with Crippen molar-refractivity contribution in [3.63, 3.8) is 0 Å². The molecule has 1 heterocycles. The topological polar surface area (TPSA) is 66.0 Å². The molecule has 2 aromatic carbocycles. The smallest absolute Gasteiger partial charge is 0.256 e. The molecule has 0 bridgehead atoms. The molecule has 0 saturated carbocycles. The standard InChI is InChI=1S/C17H16INO5/c1-21-14-8-11(12(18)9-15(14)22-2)17(20)19-10-3-4-13-16(7-10)24-6-5-23-13/h3-4,7-9H,5-6H2,1-2H3,(H,19,20). The van der Waals surface area contributed by atoms with Gasteiger partial charge in [-0.25, -0.2) is 0 Å². The summed E-state index contributed by atoms with van der Waals surface area (Å²) >= 11 is 2.09. The van der Waals surface area contributed by atoms with Gasteiger partial charge in [-0.15, -0.1) is 0 Å². The molecule has 0 atom stereocenters. The van der Waals surface area contributed by atoms with Crippen molar-refractivity contribution < 1.29 is 23.7 Å². The monoisotopic (exact) mass is 441 g/mol. The van der Waals surface area contributed by atoms with Gasteiger partial charge in [0.1, 0.15) is 13.2 Å². The quantitative estimate of drug-likeness (QED) is 0.738. The number of hydrogen-bond acceptors (Lipinski definition) is 5. The number of rotatable bonds is 4. The molecule has 0 aliphatic carbocycles. The zero-order chi connectivity index (χ0) is 17.1. The van der Waals surface area contributed by atoms with E-state index in [4.69, 9.17) is 18.9 Å². The Morgan fingerprint density at radius 3 is 2.42 bits per heavy atom. The lowest BCUT2D eigenvalue weighted by Crippen LogP contribution is -2.17. The van der Waals surface area contributed by atoms with Crippen LogP contribution in [0.3, 0.4) is 0 Å². The minimum absolute atomic E-state index is 0.239. The highest BCUT2D eigenvalue weighted by Gasteiger charge is 2.17. The second-order valence-electron chi connectivity index (χ2n) is 5.00. The van der Waals surface area contributed by atoms with E-state index in [0.717, 1.165) is 3.57 Å². The van der Waals surface area contributed by atoms with Crippen LogP contribution in [0.25, 0.3) is 0 Å². The van der Waals surface area contributed by atoms with Crippen molar-refractivity contribution in [1.29, 1.82) is 0 Å². The number of carbonyl (C=O) groups excluding carboxylic acids is 1. The van der Waals surface area contributed by atoms with Crippen LogP contribution in [-0.2, 0) is 0 Å². The maximum absolute atomic E-state index is 12.6. The Hall–Kier alpha value is -2.16. The van der Waals surface area contributed by atoms with Crippen LogP contribution in [0.1, 0.15) is 10.4 Å². The van der Waals surface area contributed by atoms with E-state index in [1.165, 1.54) is 7.11 Å². The first-order chi connectivity index (χ1) is 11.6. The van der Waals surface area contributed by atoms with Crippen molar-refractivity contribution in [2.75, 3.05) is 32.8 Å². The Balaban J connectivity index is 1.85. The van der Waals surface area contributed by atoms with Crippen LogP contribution in [0.2, 0.25) is 0 Å². The zero-order valence-corrected chi connectivity index (χ0v) is 15.4. The molecule has 0 saturated heterocycles. The van der Waals surface area contributed by atoms with Crippen LogP contribution in [-0.4, -0.2) is 33.3 Å². The molecule has 1 N–H and O–H groups in total. The van der Waals surface area contributed by atoms with Gasteiger partial charge in [0.25, 0.3) is 5.91 Å². The molecule has 126 valence electrons. The molecule has 7 heteroatoms. The van der Waals surface area contributed by atoms with Gasteiger partial charge in [-0.3, -0.25) is 4.79 Å². The maximum atomic E-state index is 12.6. The van der Waals surface area contributed by atoms with Crippen LogP contribution >= 0.6 is 22.6 Å². The molecule has 0 unspecified atom stereocenters. The minimum Gasteiger partial charge on any atom is -0.493 e. The van der Waals surface area contributed by atoms with Crippen LogP contribution in [0.5, 0.6) is 23.0 Å². The first-order valence-corrected chi connectivity index (χ1v) is 8.32. The molecule has 1 aliphatic heterocycles. The normalized spacial score (nSPS) is 12.5. The van der Waals surface area contributed by atoms with E-state index in [-0.39, 0.29) is 5.91 Å². The number of fused-ring (bicyclic) bond motifs is 1. The Bertz CT molecular complexity index is 778. The lowest BCUT2D eigenvalue weighted by molar-refractivity contribution is 0.102. The van der Waals surface area contributed by atoms with Crippen molar-refractivity contribution >= 4 is 34.2 Å². The minimum atomic E-state index is -0.239. The number of ether oxygens (including phenoxy) is 4. The largest absolute Gasteiger partial charge is 0.493 e.